The largest absolute Gasteiger partial charge is 0.316 e. The van der Waals surface area contributed by atoms with Crippen LogP contribution >= 0.6 is 0 Å². The highest BCUT2D eigenvalue weighted by molar-refractivity contribution is 5.59. The fourth-order valence-corrected chi connectivity index (χ4v) is 2.97. The summed E-state index contributed by atoms with van der Waals surface area (Å²) in [5.74, 6) is 0.667. The summed E-state index contributed by atoms with van der Waals surface area (Å²) in [6.07, 6.45) is 12.2. The van der Waals surface area contributed by atoms with Crippen LogP contribution in [0, 0.1) is 5.92 Å². The molecule has 2 aromatic rings. The van der Waals surface area contributed by atoms with Gasteiger partial charge in [-0.15, -0.1) is 0 Å². The summed E-state index contributed by atoms with van der Waals surface area (Å²) in [4.78, 5) is 9.13. The Balaban J connectivity index is 1.80. The minimum absolute atomic E-state index is 0.667. The summed E-state index contributed by atoms with van der Waals surface area (Å²) in [7, 11) is 0. The zero-order valence-electron chi connectivity index (χ0n) is 12.6. The molecular weight excluding hydrogens is 262 g/mol. The van der Waals surface area contributed by atoms with E-state index in [2.05, 4.69) is 33.5 Å². The van der Waals surface area contributed by atoms with Crippen LogP contribution in [0.3, 0.4) is 0 Å². The molecule has 0 amide bonds. The van der Waals surface area contributed by atoms with Crippen molar-refractivity contribution in [3.8, 4) is 11.3 Å². The number of nitrogens with one attached hydrogen (secondary N) is 1. The molecule has 1 aliphatic rings. The Morgan fingerprint density at radius 2 is 2.24 bits per heavy atom. The molecule has 1 atom stereocenters. The number of rotatable bonds is 5. The first-order valence-corrected chi connectivity index (χ1v) is 7.90. The van der Waals surface area contributed by atoms with Gasteiger partial charge in [0, 0.05) is 30.7 Å². The molecule has 1 N–H and O–H groups in total. The van der Waals surface area contributed by atoms with Crippen molar-refractivity contribution >= 4 is 0 Å². The number of aryl methyl sites for hydroxylation is 1. The fourth-order valence-electron chi connectivity index (χ4n) is 2.97. The van der Waals surface area contributed by atoms with Gasteiger partial charge in [-0.25, -0.2) is 0 Å². The summed E-state index contributed by atoms with van der Waals surface area (Å²) >= 11 is 0. The lowest BCUT2D eigenvalue weighted by Gasteiger charge is -2.22. The van der Waals surface area contributed by atoms with Crippen molar-refractivity contribution in [1.82, 2.24) is 25.1 Å². The van der Waals surface area contributed by atoms with E-state index < -0.39 is 0 Å². The third-order valence-electron chi connectivity index (χ3n) is 4.01. The molecule has 21 heavy (non-hydrogen) atoms. The van der Waals surface area contributed by atoms with Gasteiger partial charge in [0.05, 0.1) is 17.6 Å². The maximum Gasteiger partial charge on any atom is 0.0948 e. The van der Waals surface area contributed by atoms with E-state index >= 15 is 0 Å². The highest BCUT2D eigenvalue weighted by atomic mass is 15.3. The lowest BCUT2D eigenvalue weighted by molar-refractivity contribution is 0.373. The average molecular weight is 285 g/mol. The molecule has 0 bridgehead atoms. The molecule has 0 saturated carbocycles. The Bertz CT molecular complexity index is 572. The topological polar surface area (TPSA) is 55.6 Å². The van der Waals surface area contributed by atoms with Gasteiger partial charge in [0.15, 0.2) is 0 Å². The first-order chi connectivity index (χ1) is 10.4. The Kier molecular flexibility index (Phi) is 4.60. The molecule has 0 radical (unpaired) electrons. The predicted molar refractivity (Wildman–Crippen MR) is 82.8 cm³/mol. The molecule has 5 nitrogen and oxygen atoms in total. The van der Waals surface area contributed by atoms with E-state index in [4.69, 9.17) is 0 Å². The first-order valence-electron chi connectivity index (χ1n) is 7.90. The number of piperidine rings is 1. The van der Waals surface area contributed by atoms with Crippen LogP contribution in [-0.4, -0.2) is 32.8 Å². The van der Waals surface area contributed by atoms with Crippen LogP contribution in [0.2, 0.25) is 0 Å². The molecular formula is C16H23N5. The predicted octanol–water partition coefficient (Wildman–Crippen LogP) is 2.29. The van der Waals surface area contributed by atoms with Crippen molar-refractivity contribution in [2.45, 2.75) is 39.2 Å². The highest BCUT2D eigenvalue weighted by Crippen LogP contribution is 2.23. The van der Waals surface area contributed by atoms with Crippen LogP contribution < -0.4 is 5.32 Å². The van der Waals surface area contributed by atoms with Gasteiger partial charge in [-0.05, 0) is 44.7 Å². The van der Waals surface area contributed by atoms with Crippen LogP contribution in [0.25, 0.3) is 11.3 Å². The molecule has 3 heterocycles. The maximum atomic E-state index is 4.58. The van der Waals surface area contributed by atoms with Gasteiger partial charge in [-0.3, -0.25) is 14.6 Å². The van der Waals surface area contributed by atoms with E-state index in [0.29, 0.717) is 5.92 Å². The third kappa shape index (κ3) is 3.47. The lowest BCUT2D eigenvalue weighted by Crippen LogP contribution is -2.31. The second kappa shape index (κ2) is 6.80. The quantitative estimate of drug-likeness (QED) is 0.916. The Hall–Kier alpha value is -1.75. The molecule has 1 saturated heterocycles. The molecule has 0 aromatic carbocycles. The lowest BCUT2D eigenvalue weighted by atomic mass is 9.93. The van der Waals surface area contributed by atoms with E-state index in [-0.39, 0.29) is 0 Å². The van der Waals surface area contributed by atoms with E-state index in [9.17, 15) is 0 Å². The molecule has 0 aliphatic carbocycles. The minimum Gasteiger partial charge on any atom is -0.316 e. The van der Waals surface area contributed by atoms with Crippen molar-refractivity contribution in [2.24, 2.45) is 5.92 Å². The number of hydrogen-bond donors (Lipinski definition) is 1. The summed E-state index contributed by atoms with van der Waals surface area (Å²) in [6, 6.07) is 0. The molecule has 1 aliphatic heterocycles. The third-order valence-corrected chi connectivity index (χ3v) is 4.01. The summed E-state index contributed by atoms with van der Waals surface area (Å²) in [6.45, 7) is 5.34. The van der Waals surface area contributed by atoms with Crippen molar-refractivity contribution in [1.29, 1.82) is 0 Å². The first kappa shape index (κ1) is 14.2. The molecule has 112 valence electrons. The van der Waals surface area contributed by atoms with E-state index in [1.54, 1.807) is 12.4 Å². The zero-order valence-corrected chi connectivity index (χ0v) is 12.6. The fraction of sp³-hybridized carbons (Fsp3) is 0.562. The van der Waals surface area contributed by atoms with Gasteiger partial charge in [-0.2, -0.15) is 5.10 Å². The van der Waals surface area contributed by atoms with Crippen molar-refractivity contribution < 1.29 is 0 Å². The van der Waals surface area contributed by atoms with Crippen LogP contribution in [0.15, 0.2) is 24.8 Å². The molecule has 0 spiro atoms. The molecule has 1 unspecified atom stereocenters. The SMILES string of the molecule is CCCn1cc(-c2nccnc2CC2CCCNC2)cn1. The van der Waals surface area contributed by atoms with E-state index in [1.165, 1.54) is 12.8 Å². The standard InChI is InChI=1S/C16H23N5/c1-2-8-21-12-14(11-20-21)16-15(18-6-7-19-16)9-13-4-3-5-17-10-13/h6-7,11-13,17H,2-5,8-10H2,1H3. The van der Waals surface area contributed by atoms with Crippen LogP contribution in [0.5, 0.6) is 0 Å². The zero-order chi connectivity index (χ0) is 14.5. The second-order valence-electron chi connectivity index (χ2n) is 5.76. The Morgan fingerprint density at radius 3 is 3.05 bits per heavy atom. The van der Waals surface area contributed by atoms with Gasteiger partial charge < -0.3 is 5.32 Å². The van der Waals surface area contributed by atoms with Crippen LogP contribution in [-0.2, 0) is 13.0 Å². The van der Waals surface area contributed by atoms with Gasteiger partial charge in [0.1, 0.15) is 0 Å². The number of nitrogens with zero attached hydrogens (tertiary/aromatic N) is 4. The van der Waals surface area contributed by atoms with Crippen molar-refractivity contribution in [2.75, 3.05) is 13.1 Å². The van der Waals surface area contributed by atoms with Crippen LogP contribution in [0.4, 0.5) is 0 Å². The second-order valence-corrected chi connectivity index (χ2v) is 5.76. The monoisotopic (exact) mass is 285 g/mol. The van der Waals surface area contributed by atoms with E-state index in [1.807, 2.05) is 10.9 Å². The van der Waals surface area contributed by atoms with Crippen molar-refractivity contribution in [3.05, 3.63) is 30.5 Å². The smallest absolute Gasteiger partial charge is 0.0948 e. The molecule has 2 aromatic heterocycles. The Morgan fingerprint density at radius 1 is 1.33 bits per heavy atom. The van der Waals surface area contributed by atoms with Crippen LogP contribution in [0.1, 0.15) is 31.9 Å². The number of aromatic nitrogens is 4. The number of hydrogen-bond acceptors (Lipinski definition) is 4. The highest BCUT2D eigenvalue weighted by Gasteiger charge is 2.18. The van der Waals surface area contributed by atoms with Gasteiger partial charge in [0.2, 0.25) is 0 Å². The molecule has 5 heteroatoms. The van der Waals surface area contributed by atoms with Crippen molar-refractivity contribution in [3.63, 3.8) is 0 Å². The summed E-state index contributed by atoms with van der Waals surface area (Å²) in [5.41, 5.74) is 3.17. The summed E-state index contributed by atoms with van der Waals surface area (Å²) in [5, 5.41) is 7.88. The van der Waals surface area contributed by atoms with Gasteiger partial charge in [0.25, 0.3) is 0 Å². The van der Waals surface area contributed by atoms with Gasteiger partial charge in [-0.1, -0.05) is 6.92 Å². The van der Waals surface area contributed by atoms with Gasteiger partial charge >= 0.3 is 0 Å². The normalized spacial score (nSPS) is 18.8. The molecule has 1 fully saturated rings. The average Bonchev–Trinajstić information content (AvgIpc) is 2.98. The molecule has 3 rings (SSSR count). The van der Waals surface area contributed by atoms with E-state index in [0.717, 1.165) is 49.4 Å². The summed E-state index contributed by atoms with van der Waals surface area (Å²) < 4.78 is 1.98. The Labute approximate surface area is 125 Å². The minimum atomic E-state index is 0.667. The maximum absolute atomic E-state index is 4.58.